The number of benzene rings is 2. The zero-order valence-electron chi connectivity index (χ0n) is 25.1. The third kappa shape index (κ3) is 6.82. The van der Waals surface area contributed by atoms with E-state index in [1.807, 2.05) is 32.6 Å². The summed E-state index contributed by atoms with van der Waals surface area (Å²) in [4.78, 5) is 39.7. The van der Waals surface area contributed by atoms with Crippen LogP contribution in [0.5, 0.6) is 17.2 Å². The van der Waals surface area contributed by atoms with Gasteiger partial charge in [-0.05, 0) is 77.8 Å². The number of nitrogen functional groups attached to an aromatic ring is 1. The fourth-order valence-electron chi connectivity index (χ4n) is 4.58. The third-order valence-electron chi connectivity index (χ3n) is 6.90. The molecular formula is C30H41N5O7. The van der Waals surface area contributed by atoms with Gasteiger partial charge in [-0.1, -0.05) is 5.16 Å². The number of ketones is 2. The molecule has 3 rings (SSSR count). The maximum Gasteiger partial charge on any atom is 0.254 e. The van der Waals surface area contributed by atoms with Crippen LogP contribution < -0.4 is 31.4 Å². The number of ether oxygens (including phenoxy) is 3. The zero-order valence-corrected chi connectivity index (χ0v) is 25.1. The van der Waals surface area contributed by atoms with Crippen molar-refractivity contribution in [2.45, 2.75) is 65.1 Å². The lowest BCUT2D eigenvalue weighted by molar-refractivity contribution is -0.120. The summed E-state index contributed by atoms with van der Waals surface area (Å²) in [6, 6.07) is 8.51. The van der Waals surface area contributed by atoms with Crippen LogP contribution in [0.25, 0.3) is 11.0 Å². The van der Waals surface area contributed by atoms with Crippen molar-refractivity contribution in [2.75, 3.05) is 32.6 Å². The van der Waals surface area contributed by atoms with Gasteiger partial charge in [-0.3, -0.25) is 14.4 Å². The first-order chi connectivity index (χ1) is 19.8. The normalized spacial score (nSPS) is 12.8. The standard InChI is InChI=1S/C30H41N5O7/c1-17(2)35(18(3)4)29(38)19-9-11-21(23(15-19)39-6)40-13-7-8-14-41-22-12-10-20-26(34-42-27(20)25(22)32)28(37)30(5,33)24(36)16-31/h9-12,15,17-18H,7-8,13-14,16,31-33H2,1-6H3. The van der Waals surface area contributed by atoms with Crippen molar-refractivity contribution >= 4 is 34.1 Å². The number of methoxy groups -OCH3 is 1. The molecule has 6 N–H and O–H groups in total. The number of carbonyl (C=O) groups is 3. The topological polar surface area (TPSA) is 186 Å². The zero-order chi connectivity index (χ0) is 31.2. The molecule has 3 aromatic rings. The maximum absolute atomic E-state index is 13.0. The van der Waals surface area contributed by atoms with Crippen LogP contribution in [-0.2, 0) is 4.79 Å². The Morgan fingerprint density at radius 1 is 0.976 bits per heavy atom. The Balaban J connectivity index is 1.56. The van der Waals surface area contributed by atoms with Crippen molar-refractivity contribution in [3.8, 4) is 17.2 Å². The number of hydrogen-bond donors (Lipinski definition) is 3. The summed E-state index contributed by atoms with van der Waals surface area (Å²) in [5, 5.41) is 4.12. The number of carbonyl (C=O) groups excluding carboxylic acids is 3. The molecule has 12 heteroatoms. The number of aromatic nitrogens is 1. The average Bonchev–Trinajstić information content (AvgIpc) is 3.39. The SMILES string of the molecule is COc1cc(C(=O)N(C(C)C)C(C)C)ccc1OCCCCOc1ccc2c(C(=O)C(C)(N)C(=O)CN)noc2c1N. The Kier molecular flexibility index (Phi) is 10.5. The molecule has 0 saturated heterocycles. The van der Waals surface area contributed by atoms with Gasteiger partial charge in [0, 0.05) is 17.6 Å². The van der Waals surface area contributed by atoms with E-state index in [4.69, 9.17) is 35.9 Å². The van der Waals surface area contributed by atoms with Crippen molar-refractivity contribution in [3.05, 3.63) is 41.6 Å². The van der Waals surface area contributed by atoms with Gasteiger partial charge in [-0.15, -0.1) is 0 Å². The molecule has 1 unspecified atom stereocenters. The smallest absolute Gasteiger partial charge is 0.254 e. The molecule has 0 saturated carbocycles. The summed E-state index contributed by atoms with van der Waals surface area (Å²) in [5.74, 6) is 0.000101. The van der Waals surface area contributed by atoms with Crippen LogP contribution in [-0.4, -0.2) is 72.0 Å². The lowest BCUT2D eigenvalue weighted by Crippen LogP contribution is -2.54. The number of anilines is 1. The van der Waals surface area contributed by atoms with E-state index in [0.29, 0.717) is 54.3 Å². The van der Waals surface area contributed by atoms with Crippen LogP contribution in [0, 0.1) is 0 Å². The Morgan fingerprint density at radius 2 is 1.57 bits per heavy atom. The summed E-state index contributed by atoms with van der Waals surface area (Å²) < 4.78 is 22.5. The molecule has 0 aliphatic rings. The minimum Gasteiger partial charge on any atom is -0.493 e. The number of nitrogens with zero attached hydrogens (tertiary/aromatic N) is 2. The van der Waals surface area contributed by atoms with E-state index < -0.39 is 17.1 Å². The monoisotopic (exact) mass is 583 g/mol. The lowest BCUT2D eigenvalue weighted by Gasteiger charge is -2.31. The van der Waals surface area contributed by atoms with Crippen molar-refractivity contribution in [1.29, 1.82) is 0 Å². The van der Waals surface area contributed by atoms with Crippen LogP contribution >= 0.6 is 0 Å². The first-order valence-electron chi connectivity index (χ1n) is 13.9. The summed E-state index contributed by atoms with van der Waals surface area (Å²) >= 11 is 0. The van der Waals surface area contributed by atoms with Crippen molar-refractivity contribution < 1.29 is 33.1 Å². The van der Waals surface area contributed by atoms with E-state index in [-0.39, 0.29) is 41.5 Å². The van der Waals surface area contributed by atoms with Crippen LogP contribution in [0.15, 0.2) is 34.9 Å². The van der Waals surface area contributed by atoms with Gasteiger partial charge >= 0.3 is 0 Å². The molecule has 0 aliphatic carbocycles. The highest BCUT2D eigenvalue weighted by Gasteiger charge is 2.39. The number of Topliss-reactive ketones (excluding diaryl/α,β-unsaturated/α-hetero) is 2. The Bertz CT molecular complexity index is 1420. The molecule has 0 fully saturated rings. The van der Waals surface area contributed by atoms with E-state index in [1.165, 1.54) is 14.0 Å². The molecule has 1 aromatic heterocycles. The lowest BCUT2D eigenvalue weighted by atomic mass is 9.89. The highest BCUT2D eigenvalue weighted by molar-refractivity contribution is 6.22. The molecule has 0 radical (unpaired) electrons. The second-order valence-corrected chi connectivity index (χ2v) is 10.7. The van der Waals surface area contributed by atoms with E-state index in [2.05, 4.69) is 5.16 Å². The minimum absolute atomic E-state index is 0.0628. The van der Waals surface area contributed by atoms with Gasteiger partial charge in [0.25, 0.3) is 5.91 Å². The molecule has 1 heterocycles. The Morgan fingerprint density at radius 3 is 2.14 bits per heavy atom. The summed E-state index contributed by atoms with van der Waals surface area (Å²) in [5.41, 5.74) is 16.4. The van der Waals surface area contributed by atoms with Gasteiger partial charge in [0.1, 0.15) is 17.0 Å². The second kappa shape index (κ2) is 13.7. The number of fused-ring (bicyclic) bond motifs is 1. The fourth-order valence-corrected chi connectivity index (χ4v) is 4.58. The van der Waals surface area contributed by atoms with Crippen LogP contribution in [0.3, 0.4) is 0 Å². The number of rotatable bonds is 15. The van der Waals surface area contributed by atoms with Crippen LogP contribution in [0.2, 0.25) is 0 Å². The molecule has 42 heavy (non-hydrogen) atoms. The number of unbranched alkanes of at least 4 members (excludes halogenated alkanes) is 1. The summed E-state index contributed by atoms with van der Waals surface area (Å²) in [6.07, 6.45) is 1.33. The van der Waals surface area contributed by atoms with Crippen molar-refractivity contribution in [2.24, 2.45) is 11.5 Å². The Hall–Kier alpha value is -4.16. The molecule has 1 amide bonds. The molecule has 1 atom stereocenters. The molecule has 0 aliphatic heterocycles. The molecule has 0 spiro atoms. The number of nitrogens with two attached hydrogens (primary N) is 3. The molecule has 0 bridgehead atoms. The van der Waals surface area contributed by atoms with Gasteiger partial charge in [-0.25, -0.2) is 0 Å². The summed E-state index contributed by atoms with van der Waals surface area (Å²) in [7, 11) is 1.54. The van der Waals surface area contributed by atoms with Crippen molar-refractivity contribution in [1.82, 2.24) is 10.1 Å². The largest absolute Gasteiger partial charge is 0.493 e. The van der Waals surface area contributed by atoms with Crippen molar-refractivity contribution in [3.63, 3.8) is 0 Å². The first-order valence-corrected chi connectivity index (χ1v) is 13.9. The van der Waals surface area contributed by atoms with Gasteiger partial charge in [0.15, 0.2) is 28.6 Å². The second-order valence-electron chi connectivity index (χ2n) is 10.7. The molecule has 12 nitrogen and oxygen atoms in total. The van der Waals surface area contributed by atoms with Gasteiger partial charge < -0.3 is 40.8 Å². The van der Waals surface area contributed by atoms with Crippen LogP contribution in [0.1, 0.15) is 68.3 Å². The maximum atomic E-state index is 13.0. The van der Waals surface area contributed by atoms with Gasteiger partial charge in [0.05, 0.1) is 32.3 Å². The van der Waals surface area contributed by atoms with E-state index in [0.717, 1.165) is 0 Å². The highest BCUT2D eigenvalue weighted by Crippen LogP contribution is 2.34. The van der Waals surface area contributed by atoms with E-state index in [1.54, 1.807) is 30.3 Å². The quantitative estimate of drug-likeness (QED) is 0.103. The average molecular weight is 584 g/mol. The number of amides is 1. The fraction of sp³-hybridized carbons (Fsp3) is 0.467. The molecule has 2 aromatic carbocycles. The van der Waals surface area contributed by atoms with Gasteiger partial charge in [0.2, 0.25) is 5.78 Å². The van der Waals surface area contributed by atoms with E-state index >= 15 is 0 Å². The Labute approximate surface area is 245 Å². The number of hydrogen-bond acceptors (Lipinski definition) is 11. The third-order valence-corrected chi connectivity index (χ3v) is 6.90. The predicted octanol–water partition coefficient (Wildman–Crippen LogP) is 3.34. The first kappa shape index (κ1) is 32.4. The predicted molar refractivity (Wildman–Crippen MR) is 159 cm³/mol. The minimum atomic E-state index is -1.84. The molecule has 228 valence electrons. The van der Waals surface area contributed by atoms with Crippen LogP contribution in [0.4, 0.5) is 5.69 Å². The highest BCUT2D eigenvalue weighted by atomic mass is 16.5. The summed E-state index contributed by atoms with van der Waals surface area (Å²) in [6.45, 7) is 9.60. The molecular weight excluding hydrogens is 542 g/mol. The van der Waals surface area contributed by atoms with E-state index in [9.17, 15) is 14.4 Å². The van der Waals surface area contributed by atoms with Gasteiger partial charge in [-0.2, -0.15) is 0 Å².